The van der Waals surface area contributed by atoms with Crippen LogP contribution < -0.4 is 5.32 Å². The van der Waals surface area contributed by atoms with E-state index >= 15 is 0 Å². The minimum Gasteiger partial charge on any atom is -0.296 e. The Morgan fingerprint density at radius 2 is 1.68 bits per heavy atom. The standard InChI is InChI=1S/C26H29NS/c1-3-25(28)15-10-20-27-26(22-11-6-4-7-12-22,23-13-8-5-9-14-23)24-18-16-21(2)17-19-24/h3-16,18-19,21,27-28H,17,20H2,1-2H3/b15-10-,25-3+. The average molecular weight is 388 g/mol. The molecule has 1 aliphatic carbocycles. The first kappa shape index (κ1) is 20.4. The fourth-order valence-corrected chi connectivity index (χ4v) is 3.78. The van der Waals surface area contributed by atoms with Crippen LogP contribution in [0, 0.1) is 5.92 Å². The van der Waals surface area contributed by atoms with E-state index in [1.54, 1.807) is 0 Å². The summed E-state index contributed by atoms with van der Waals surface area (Å²) in [6.45, 7) is 5.00. The smallest absolute Gasteiger partial charge is 0.0947 e. The van der Waals surface area contributed by atoms with E-state index in [1.807, 2.05) is 19.1 Å². The lowest BCUT2D eigenvalue weighted by molar-refractivity contribution is 0.493. The van der Waals surface area contributed by atoms with E-state index in [1.165, 1.54) is 16.7 Å². The van der Waals surface area contributed by atoms with Gasteiger partial charge in [-0.15, -0.1) is 12.6 Å². The van der Waals surface area contributed by atoms with Gasteiger partial charge in [-0.2, -0.15) is 0 Å². The molecule has 0 saturated heterocycles. The molecular formula is C26H29NS. The highest BCUT2D eigenvalue weighted by atomic mass is 32.1. The summed E-state index contributed by atoms with van der Waals surface area (Å²) in [5, 5.41) is 3.86. The molecule has 0 heterocycles. The van der Waals surface area contributed by atoms with Crippen LogP contribution in [-0.2, 0) is 5.54 Å². The summed E-state index contributed by atoms with van der Waals surface area (Å²) >= 11 is 4.45. The van der Waals surface area contributed by atoms with Crippen molar-refractivity contribution in [3.63, 3.8) is 0 Å². The minimum absolute atomic E-state index is 0.393. The second kappa shape index (κ2) is 9.77. The minimum atomic E-state index is -0.393. The predicted octanol–water partition coefficient (Wildman–Crippen LogP) is 6.43. The summed E-state index contributed by atoms with van der Waals surface area (Å²) < 4.78 is 0. The third kappa shape index (κ3) is 4.57. The van der Waals surface area contributed by atoms with Gasteiger partial charge in [0, 0.05) is 6.54 Å². The Morgan fingerprint density at radius 1 is 1.07 bits per heavy atom. The molecule has 3 rings (SSSR count). The summed E-state index contributed by atoms with van der Waals surface area (Å²) in [6, 6.07) is 21.5. The fraction of sp³-hybridized carbons (Fsp3) is 0.231. The number of hydrogen-bond acceptors (Lipinski definition) is 2. The third-order valence-corrected chi connectivity index (χ3v) is 5.64. The van der Waals surface area contributed by atoms with Gasteiger partial charge >= 0.3 is 0 Å². The quantitative estimate of drug-likeness (QED) is 0.412. The van der Waals surface area contributed by atoms with Crippen molar-refractivity contribution in [3.8, 4) is 0 Å². The highest BCUT2D eigenvalue weighted by molar-refractivity contribution is 7.84. The fourth-order valence-electron chi connectivity index (χ4n) is 3.68. The number of rotatable bonds is 7. The Labute approximate surface area is 175 Å². The van der Waals surface area contributed by atoms with Crippen LogP contribution in [0.3, 0.4) is 0 Å². The number of nitrogens with one attached hydrogen (secondary N) is 1. The first-order valence-electron chi connectivity index (χ1n) is 9.93. The Bertz CT molecular complexity index is 836. The molecule has 144 valence electrons. The van der Waals surface area contributed by atoms with Crippen LogP contribution in [0.15, 0.2) is 108 Å². The molecule has 28 heavy (non-hydrogen) atoms. The van der Waals surface area contributed by atoms with Crippen molar-refractivity contribution in [1.29, 1.82) is 0 Å². The molecule has 2 aromatic carbocycles. The molecule has 0 amide bonds. The van der Waals surface area contributed by atoms with Crippen LogP contribution >= 0.6 is 12.6 Å². The largest absolute Gasteiger partial charge is 0.296 e. The SMILES string of the molecule is C/C=C(S)\C=C/CNC(C1=CCC(C)C=C1)(c1ccccc1)c1ccccc1. The van der Waals surface area contributed by atoms with E-state index in [4.69, 9.17) is 0 Å². The second-order valence-corrected chi connectivity index (χ2v) is 7.73. The number of benzene rings is 2. The Balaban J connectivity index is 2.10. The highest BCUT2D eigenvalue weighted by Gasteiger charge is 2.36. The molecular weight excluding hydrogens is 358 g/mol. The van der Waals surface area contributed by atoms with Gasteiger partial charge in [0.15, 0.2) is 0 Å². The lowest BCUT2D eigenvalue weighted by Crippen LogP contribution is -2.45. The molecule has 0 aliphatic heterocycles. The maximum absolute atomic E-state index is 4.45. The number of thiol groups is 1. The molecule has 1 nitrogen and oxygen atoms in total. The van der Waals surface area contributed by atoms with Gasteiger partial charge in [0.05, 0.1) is 5.54 Å². The average Bonchev–Trinajstić information content (AvgIpc) is 2.76. The van der Waals surface area contributed by atoms with Crippen LogP contribution in [0.25, 0.3) is 0 Å². The highest BCUT2D eigenvalue weighted by Crippen LogP contribution is 2.39. The number of allylic oxidation sites excluding steroid dienone is 4. The van der Waals surface area contributed by atoms with E-state index in [0.29, 0.717) is 5.92 Å². The molecule has 0 saturated carbocycles. The van der Waals surface area contributed by atoms with Crippen molar-refractivity contribution in [1.82, 2.24) is 5.32 Å². The third-order valence-electron chi connectivity index (χ3n) is 5.23. The van der Waals surface area contributed by atoms with Gasteiger partial charge in [-0.25, -0.2) is 0 Å². The van der Waals surface area contributed by atoms with Gasteiger partial charge < -0.3 is 0 Å². The summed E-state index contributed by atoms with van der Waals surface area (Å²) in [4.78, 5) is 0.970. The van der Waals surface area contributed by atoms with Gasteiger partial charge in [0.1, 0.15) is 0 Å². The monoisotopic (exact) mass is 387 g/mol. The molecule has 2 heteroatoms. The molecule has 1 unspecified atom stereocenters. The Kier molecular flexibility index (Phi) is 7.13. The second-order valence-electron chi connectivity index (χ2n) is 7.21. The van der Waals surface area contributed by atoms with Crippen molar-refractivity contribution >= 4 is 12.6 Å². The van der Waals surface area contributed by atoms with Crippen molar-refractivity contribution in [3.05, 3.63) is 119 Å². The molecule has 2 aromatic rings. The first-order chi connectivity index (χ1) is 13.7. The number of hydrogen-bond donors (Lipinski definition) is 2. The molecule has 0 fully saturated rings. The molecule has 0 aromatic heterocycles. The molecule has 1 atom stereocenters. The zero-order chi connectivity index (χ0) is 19.8. The van der Waals surface area contributed by atoms with Crippen molar-refractivity contribution in [2.45, 2.75) is 25.8 Å². The van der Waals surface area contributed by atoms with Crippen LogP contribution in [0.1, 0.15) is 31.4 Å². The van der Waals surface area contributed by atoms with Crippen LogP contribution in [-0.4, -0.2) is 6.54 Å². The van der Waals surface area contributed by atoms with E-state index in [-0.39, 0.29) is 0 Å². The normalized spacial score (nSPS) is 17.8. The molecule has 1 aliphatic rings. The maximum Gasteiger partial charge on any atom is 0.0947 e. The maximum atomic E-state index is 4.45. The molecule has 0 bridgehead atoms. The van der Waals surface area contributed by atoms with Gasteiger partial charge in [0.2, 0.25) is 0 Å². The Morgan fingerprint density at radius 3 is 2.18 bits per heavy atom. The lowest BCUT2D eigenvalue weighted by Gasteiger charge is -2.39. The van der Waals surface area contributed by atoms with Gasteiger partial charge in [-0.3, -0.25) is 5.32 Å². The summed E-state index contributed by atoms with van der Waals surface area (Å²) in [6.07, 6.45) is 14.2. The van der Waals surface area contributed by atoms with Gasteiger partial charge in [-0.05, 0) is 40.9 Å². The molecule has 1 N–H and O–H groups in total. The van der Waals surface area contributed by atoms with Crippen LogP contribution in [0.4, 0.5) is 0 Å². The van der Waals surface area contributed by atoms with E-state index < -0.39 is 5.54 Å². The summed E-state index contributed by atoms with van der Waals surface area (Å²) in [5.41, 5.74) is 3.40. The zero-order valence-corrected chi connectivity index (χ0v) is 17.6. The lowest BCUT2D eigenvalue weighted by atomic mass is 9.74. The zero-order valence-electron chi connectivity index (χ0n) is 16.7. The topological polar surface area (TPSA) is 12.0 Å². The van der Waals surface area contributed by atoms with Crippen molar-refractivity contribution < 1.29 is 0 Å². The predicted molar refractivity (Wildman–Crippen MR) is 125 cm³/mol. The van der Waals surface area contributed by atoms with Crippen molar-refractivity contribution in [2.75, 3.05) is 6.54 Å². The Hall–Kier alpha value is -2.29. The summed E-state index contributed by atoms with van der Waals surface area (Å²) in [5.74, 6) is 0.578. The van der Waals surface area contributed by atoms with Crippen molar-refractivity contribution in [2.24, 2.45) is 5.92 Å². The van der Waals surface area contributed by atoms with E-state index in [0.717, 1.165) is 17.9 Å². The molecule has 0 spiro atoms. The van der Waals surface area contributed by atoms with E-state index in [9.17, 15) is 0 Å². The molecule has 0 radical (unpaired) electrons. The van der Waals surface area contributed by atoms with Crippen LogP contribution in [0.5, 0.6) is 0 Å². The van der Waals surface area contributed by atoms with Gasteiger partial charge in [-0.1, -0.05) is 104 Å². The summed E-state index contributed by atoms with van der Waals surface area (Å²) in [7, 11) is 0. The first-order valence-corrected chi connectivity index (χ1v) is 10.4. The van der Waals surface area contributed by atoms with Gasteiger partial charge in [0.25, 0.3) is 0 Å². The van der Waals surface area contributed by atoms with Crippen LogP contribution in [0.2, 0.25) is 0 Å². The van der Waals surface area contributed by atoms with E-state index in [2.05, 4.69) is 110 Å².